The molecule has 0 aliphatic carbocycles. The zero-order chi connectivity index (χ0) is 13.5. The van der Waals surface area contributed by atoms with Crippen LogP contribution in [-0.4, -0.2) is 23.4 Å². The van der Waals surface area contributed by atoms with E-state index in [-0.39, 0.29) is 0 Å². The van der Waals surface area contributed by atoms with E-state index >= 15 is 0 Å². The molecule has 4 nitrogen and oxygen atoms in total. The molecule has 1 heterocycles. The normalized spacial score (nSPS) is 10.4. The highest BCUT2D eigenvalue weighted by Crippen LogP contribution is 2.11. The van der Waals surface area contributed by atoms with Crippen LogP contribution in [0.5, 0.6) is 5.75 Å². The van der Waals surface area contributed by atoms with E-state index in [1.54, 1.807) is 18.0 Å². The maximum absolute atomic E-state index is 5.13. The molecule has 19 heavy (non-hydrogen) atoms. The summed E-state index contributed by atoms with van der Waals surface area (Å²) in [6, 6.07) is 8.17. The van der Waals surface area contributed by atoms with Gasteiger partial charge in [-0.2, -0.15) is 5.10 Å². The lowest BCUT2D eigenvalue weighted by molar-refractivity contribution is 0.414. The lowest BCUT2D eigenvalue weighted by Crippen LogP contribution is -2.16. The monoisotopic (exact) mass is 257 g/mol. The van der Waals surface area contributed by atoms with Crippen molar-refractivity contribution in [3.05, 3.63) is 54.4 Å². The van der Waals surface area contributed by atoms with Crippen molar-refractivity contribution < 1.29 is 4.74 Å². The van der Waals surface area contributed by atoms with Crippen molar-refractivity contribution in [1.82, 2.24) is 15.1 Å². The van der Waals surface area contributed by atoms with E-state index in [4.69, 9.17) is 4.74 Å². The molecule has 1 aromatic carbocycles. The molecule has 0 radical (unpaired) electrons. The molecule has 0 saturated carbocycles. The minimum absolute atomic E-state index is 0.823. The van der Waals surface area contributed by atoms with E-state index in [0.29, 0.717) is 0 Å². The van der Waals surface area contributed by atoms with E-state index in [1.165, 1.54) is 5.56 Å². The van der Waals surface area contributed by atoms with Crippen LogP contribution in [0.3, 0.4) is 0 Å². The fraction of sp³-hybridized carbons (Fsp3) is 0.267. The van der Waals surface area contributed by atoms with Gasteiger partial charge in [0.15, 0.2) is 0 Å². The molecule has 0 aliphatic rings. The van der Waals surface area contributed by atoms with Crippen LogP contribution in [0, 0.1) is 0 Å². The molecule has 4 heteroatoms. The minimum Gasteiger partial charge on any atom is -0.497 e. The second kappa shape index (κ2) is 6.75. The van der Waals surface area contributed by atoms with E-state index in [0.717, 1.165) is 30.8 Å². The maximum atomic E-state index is 5.13. The fourth-order valence-corrected chi connectivity index (χ4v) is 1.83. The molecular formula is C15H19N3O. The molecule has 100 valence electrons. The third kappa shape index (κ3) is 3.96. The van der Waals surface area contributed by atoms with Gasteiger partial charge in [-0.1, -0.05) is 18.7 Å². The molecule has 0 atom stereocenters. The predicted molar refractivity (Wildman–Crippen MR) is 77.0 cm³/mol. The summed E-state index contributed by atoms with van der Waals surface area (Å²) < 4.78 is 6.84. The minimum atomic E-state index is 0.823. The van der Waals surface area contributed by atoms with Crippen molar-refractivity contribution in [2.75, 3.05) is 13.7 Å². The Bertz CT molecular complexity index is 516. The van der Waals surface area contributed by atoms with Crippen LogP contribution >= 0.6 is 0 Å². The van der Waals surface area contributed by atoms with Gasteiger partial charge in [0.05, 0.1) is 13.3 Å². The average molecular weight is 257 g/mol. The number of ether oxygens (including phenoxy) is 1. The van der Waals surface area contributed by atoms with Crippen LogP contribution in [0.1, 0.15) is 11.1 Å². The van der Waals surface area contributed by atoms with E-state index in [2.05, 4.69) is 29.1 Å². The standard InChI is InChI=1S/C15H19N3O/c1-3-18-12-14(11-17-18)10-16-9-8-13-4-6-15(19-2)7-5-13/h3-7,11-12,16H,1,8-10H2,2H3. The highest BCUT2D eigenvalue weighted by molar-refractivity contribution is 5.27. The predicted octanol–water partition coefficient (Wildman–Crippen LogP) is 2.32. The van der Waals surface area contributed by atoms with Gasteiger partial charge in [-0.3, -0.25) is 0 Å². The summed E-state index contributed by atoms with van der Waals surface area (Å²) in [6.07, 6.45) is 6.50. The topological polar surface area (TPSA) is 39.1 Å². The Labute approximate surface area is 113 Å². The van der Waals surface area contributed by atoms with Crippen LogP contribution < -0.4 is 10.1 Å². The van der Waals surface area contributed by atoms with E-state index < -0.39 is 0 Å². The smallest absolute Gasteiger partial charge is 0.118 e. The molecule has 0 spiro atoms. The summed E-state index contributed by atoms with van der Waals surface area (Å²) >= 11 is 0. The van der Waals surface area contributed by atoms with Crippen LogP contribution in [0.15, 0.2) is 43.2 Å². The summed E-state index contributed by atoms with van der Waals surface area (Å²) in [5.74, 6) is 0.897. The highest BCUT2D eigenvalue weighted by atomic mass is 16.5. The van der Waals surface area contributed by atoms with Crippen LogP contribution in [0.2, 0.25) is 0 Å². The molecule has 0 bridgehead atoms. The fourth-order valence-electron chi connectivity index (χ4n) is 1.83. The zero-order valence-electron chi connectivity index (χ0n) is 11.2. The Morgan fingerprint density at radius 1 is 1.32 bits per heavy atom. The first-order valence-electron chi connectivity index (χ1n) is 6.31. The Balaban J connectivity index is 1.72. The van der Waals surface area contributed by atoms with Gasteiger partial charge in [-0.05, 0) is 30.7 Å². The Morgan fingerprint density at radius 3 is 2.74 bits per heavy atom. The van der Waals surface area contributed by atoms with Crippen molar-refractivity contribution >= 4 is 6.20 Å². The quantitative estimate of drug-likeness (QED) is 0.774. The molecule has 0 amide bonds. The first-order chi connectivity index (χ1) is 9.31. The summed E-state index contributed by atoms with van der Waals surface area (Å²) in [4.78, 5) is 0. The van der Waals surface area contributed by atoms with Crippen molar-refractivity contribution in [1.29, 1.82) is 0 Å². The molecular weight excluding hydrogens is 238 g/mol. The Kier molecular flexibility index (Phi) is 4.75. The Morgan fingerprint density at radius 2 is 2.11 bits per heavy atom. The largest absolute Gasteiger partial charge is 0.497 e. The van der Waals surface area contributed by atoms with Crippen LogP contribution in [-0.2, 0) is 13.0 Å². The lowest BCUT2D eigenvalue weighted by Gasteiger charge is -2.04. The third-order valence-electron chi connectivity index (χ3n) is 2.92. The summed E-state index contributed by atoms with van der Waals surface area (Å²) in [5, 5.41) is 7.53. The lowest BCUT2D eigenvalue weighted by atomic mass is 10.1. The van der Waals surface area contributed by atoms with Crippen molar-refractivity contribution in [3.8, 4) is 5.75 Å². The highest BCUT2D eigenvalue weighted by Gasteiger charge is 1.97. The van der Waals surface area contributed by atoms with Gasteiger partial charge in [0.2, 0.25) is 0 Å². The van der Waals surface area contributed by atoms with E-state index in [9.17, 15) is 0 Å². The number of aromatic nitrogens is 2. The van der Waals surface area contributed by atoms with Gasteiger partial charge < -0.3 is 10.1 Å². The molecule has 2 aromatic rings. The third-order valence-corrected chi connectivity index (χ3v) is 2.92. The van der Waals surface area contributed by atoms with Crippen LogP contribution in [0.4, 0.5) is 0 Å². The van der Waals surface area contributed by atoms with Crippen molar-refractivity contribution in [2.24, 2.45) is 0 Å². The molecule has 0 saturated heterocycles. The molecule has 0 fully saturated rings. The number of hydrogen-bond acceptors (Lipinski definition) is 3. The number of rotatable bonds is 7. The summed E-state index contributed by atoms with van der Waals surface area (Å²) in [5.41, 5.74) is 2.46. The number of methoxy groups -OCH3 is 1. The van der Waals surface area contributed by atoms with Gasteiger partial charge in [-0.15, -0.1) is 0 Å². The summed E-state index contributed by atoms with van der Waals surface area (Å²) in [7, 11) is 1.68. The number of nitrogens with zero attached hydrogens (tertiary/aromatic N) is 2. The van der Waals surface area contributed by atoms with Crippen LogP contribution in [0.25, 0.3) is 6.20 Å². The SMILES string of the molecule is C=Cn1cc(CNCCc2ccc(OC)cc2)cn1. The molecule has 0 aliphatic heterocycles. The number of benzene rings is 1. The molecule has 1 N–H and O–H groups in total. The van der Waals surface area contributed by atoms with Crippen molar-refractivity contribution in [3.63, 3.8) is 0 Å². The van der Waals surface area contributed by atoms with Gasteiger partial charge in [-0.25, -0.2) is 4.68 Å². The first kappa shape index (κ1) is 13.4. The summed E-state index contributed by atoms with van der Waals surface area (Å²) in [6.45, 7) is 5.42. The number of hydrogen-bond donors (Lipinski definition) is 1. The van der Waals surface area contributed by atoms with Gasteiger partial charge in [0, 0.05) is 24.5 Å². The second-order valence-corrected chi connectivity index (χ2v) is 4.29. The maximum Gasteiger partial charge on any atom is 0.118 e. The molecule has 1 aromatic heterocycles. The average Bonchev–Trinajstić information content (AvgIpc) is 2.92. The molecule has 2 rings (SSSR count). The van der Waals surface area contributed by atoms with E-state index in [1.807, 2.05) is 24.5 Å². The molecule has 0 unspecified atom stereocenters. The second-order valence-electron chi connectivity index (χ2n) is 4.29. The van der Waals surface area contributed by atoms with Gasteiger partial charge >= 0.3 is 0 Å². The Hall–Kier alpha value is -2.07. The van der Waals surface area contributed by atoms with Gasteiger partial charge in [0.1, 0.15) is 5.75 Å². The zero-order valence-corrected chi connectivity index (χ0v) is 11.2. The first-order valence-corrected chi connectivity index (χ1v) is 6.31. The van der Waals surface area contributed by atoms with Crippen molar-refractivity contribution in [2.45, 2.75) is 13.0 Å². The number of nitrogens with one attached hydrogen (secondary N) is 1. The van der Waals surface area contributed by atoms with Gasteiger partial charge in [0.25, 0.3) is 0 Å².